The summed E-state index contributed by atoms with van der Waals surface area (Å²) in [6.07, 6.45) is 2.90. The first kappa shape index (κ1) is 30.7. The van der Waals surface area contributed by atoms with Crippen LogP contribution in [0.25, 0.3) is 0 Å². The van der Waals surface area contributed by atoms with E-state index in [-0.39, 0.29) is 6.04 Å². The summed E-state index contributed by atoms with van der Waals surface area (Å²) in [7, 11) is 10.4. The summed E-state index contributed by atoms with van der Waals surface area (Å²) in [4.78, 5) is 7.32. The van der Waals surface area contributed by atoms with Gasteiger partial charge in [0.2, 0.25) is 11.5 Å². The minimum atomic E-state index is -0.0948. The van der Waals surface area contributed by atoms with Crippen LogP contribution >= 0.6 is 0 Å². The molecule has 0 radical (unpaired) electrons. The van der Waals surface area contributed by atoms with Crippen LogP contribution in [-0.2, 0) is 25.7 Å². The summed E-state index contributed by atoms with van der Waals surface area (Å²) in [5.74, 6) is 5.47. The van der Waals surface area contributed by atoms with Gasteiger partial charge in [0.15, 0.2) is 34.5 Å². The molecule has 4 aromatic rings. The van der Waals surface area contributed by atoms with E-state index < -0.39 is 0 Å². The van der Waals surface area contributed by atoms with E-state index in [1.165, 1.54) is 5.56 Å². The molecule has 0 amide bonds. The molecular formula is C38H40N2O7. The average Bonchev–Trinajstić information content (AvgIpc) is 3.09. The summed E-state index contributed by atoms with van der Waals surface area (Å²) in [6, 6.07) is 18.3. The lowest BCUT2D eigenvalue weighted by atomic mass is 9.86. The van der Waals surface area contributed by atoms with Crippen molar-refractivity contribution in [2.24, 2.45) is 4.99 Å². The van der Waals surface area contributed by atoms with Gasteiger partial charge in [-0.25, -0.2) is 0 Å². The maximum atomic E-state index is 7.00. The van der Waals surface area contributed by atoms with E-state index in [0.29, 0.717) is 65.4 Å². The largest absolute Gasteiger partial charge is 0.493 e. The van der Waals surface area contributed by atoms with Crippen molar-refractivity contribution in [3.05, 3.63) is 88.0 Å². The van der Waals surface area contributed by atoms with Gasteiger partial charge in [0.1, 0.15) is 5.75 Å². The topological polar surface area (TPSA) is 80.2 Å². The van der Waals surface area contributed by atoms with Crippen LogP contribution in [0.2, 0.25) is 0 Å². The second-order valence-corrected chi connectivity index (χ2v) is 12.0. The smallest absolute Gasteiger partial charge is 0.208 e. The zero-order chi connectivity index (χ0) is 32.7. The molecule has 4 heterocycles. The molecule has 1 atom stereocenters. The molecule has 0 spiro atoms. The van der Waals surface area contributed by atoms with Crippen molar-refractivity contribution in [2.45, 2.75) is 31.7 Å². The van der Waals surface area contributed by atoms with E-state index >= 15 is 0 Å². The molecule has 8 rings (SSSR count). The van der Waals surface area contributed by atoms with E-state index in [1.54, 1.807) is 35.5 Å². The number of aliphatic imine (C=N–C) groups is 1. The Morgan fingerprint density at radius 2 is 1.45 bits per heavy atom. The number of hydrogen-bond donors (Lipinski definition) is 0. The first-order valence-corrected chi connectivity index (χ1v) is 15.9. The molecule has 6 bridgehead atoms. The van der Waals surface area contributed by atoms with E-state index in [0.717, 1.165) is 58.7 Å². The molecule has 4 aromatic carbocycles. The van der Waals surface area contributed by atoms with Gasteiger partial charge in [-0.3, -0.25) is 9.89 Å². The SMILES string of the molecule is COc1ccc2cc1Oc1ccc(cc1)CC1=NCCc3cc(OC)c(cc31)Oc1c(OC)c(OC)c(OC)c3c1C(C2)N(C)CC3. The molecule has 0 aliphatic carbocycles. The van der Waals surface area contributed by atoms with Gasteiger partial charge in [-0.2, -0.15) is 0 Å². The van der Waals surface area contributed by atoms with Gasteiger partial charge >= 0.3 is 0 Å². The van der Waals surface area contributed by atoms with Crippen molar-refractivity contribution in [1.82, 2.24) is 4.90 Å². The zero-order valence-electron chi connectivity index (χ0n) is 27.8. The Kier molecular flexibility index (Phi) is 8.32. The molecule has 9 nitrogen and oxygen atoms in total. The highest BCUT2D eigenvalue weighted by atomic mass is 16.6. The molecule has 0 saturated heterocycles. The molecule has 4 aliphatic rings. The third-order valence-electron chi connectivity index (χ3n) is 9.43. The number of benzene rings is 4. The molecule has 4 aliphatic heterocycles. The van der Waals surface area contributed by atoms with Crippen molar-refractivity contribution in [3.63, 3.8) is 0 Å². The lowest BCUT2D eigenvalue weighted by Gasteiger charge is -2.37. The highest BCUT2D eigenvalue weighted by Gasteiger charge is 2.37. The molecule has 0 aromatic heterocycles. The lowest BCUT2D eigenvalue weighted by Crippen LogP contribution is -2.34. The molecule has 0 N–H and O–H groups in total. The van der Waals surface area contributed by atoms with E-state index in [9.17, 15) is 0 Å². The average molecular weight is 637 g/mol. The predicted molar refractivity (Wildman–Crippen MR) is 180 cm³/mol. The van der Waals surface area contributed by atoms with Crippen LogP contribution in [0.4, 0.5) is 0 Å². The minimum absolute atomic E-state index is 0.0948. The fourth-order valence-electron chi connectivity index (χ4n) is 7.06. The summed E-state index contributed by atoms with van der Waals surface area (Å²) < 4.78 is 43.1. The molecule has 47 heavy (non-hydrogen) atoms. The van der Waals surface area contributed by atoms with Gasteiger partial charge in [0.05, 0.1) is 35.5 Å². The number of rotatable bonds is 5. The normalized spacial score (nSPS) is 16.8. The number of likely N-dealkylation sites (N-methyl/N-ethyl adjacent to an activating group) is 1. The quantitative estimate of drug-likeness (QED) is 0.232. The van der Waals surface area contributed by atoms with Crippen molar-refractivity contribution < 1.29 is 33.2 Å². The predicted octanol–water partition coefficient (Wildman–Crippen LogP) is 6.99. The van der Waals surface area contributed by atoms with Gasteiger partial charge < -0.3 is 33.2 Å². The van der Waals surface area contributed by atoms with E-state index in [1.807, 2.05) is 18.2 Å². The van der Waals surface area contributed by atoms with Crippen LogP contribution in [0, 0.1) is 0 Å². The monoisotopic (exact) mass is 636 g/mol. The molecule has 9 heteroatoms. The maximum Gasteiger partial charge on any atom is 0.208 e. The zero-order valence-corrected chi connectivity index (χ0v) is 27.8. The van der Waals surface area contributed by atoms with Gasteiger partial charge in [-0.1, -0.05) is 18.2 Å². The van der Waals surface area contributed by atoms with Crippen molar-refractivity contribution >= 4 is 5.71 Å². The Hall–Kier alpha value is -4.89. The van der Waals surface area contributed by atoms with Crippen LogP contribution in [0.5, 0.6) is 51.7 Å². The van der Waals surface area contributed by atoms with Crippen LogP contribution in [0.3, 0.4) is 0 Å². The molecule has 244 valence electrons. The first-order chi connectivity index (χ1) is 23.0. The summed E-state index contributed by atoms with van der Waals surface area (Å²) in [6.45, 7) is 1.53. The molecular weight excluding hydrogens is 596 g/mol. The Bertz CT molecular complexity index is 1850. The highest BCUT2D eigenvalue weighted by molar-refractivity contribution is 6.04. The third-order valence-corrected chi connectivity index (χ3v) is 9.43. The van der Waals surface area contributed by atoms with Gasteiger partial charge in [0.25, 0.3) is 0 Å². The fraction of sp³-hybridized carbons (Fsp3) is 0.342. The minimum Gasteiger partial charge on any atom is -0.493 e. The Balaban J connectivity index is 1.50. The molecule has 1 unspecified atom stereocenters. The second-order valence-electron chi connectivity index (χ2n) is 12.0. The third kappa shape index (κ3) is 5.48. The first-order valence-electron chi connectivity index (χ1n) is 15.9. The number of hydrogen-bond acceptors (Lipinski definition) is 9. The number of fused-ring (bicyclic) bond motifs is 2. The fourth-order valence-corrected chi connectivity index (χ4v) is 7.06. The number of nitrogens with zero attached hydrogens (tertiary/aromatic N) is 2. The Morgan fingerprint density at radius 3 is 2.17 bits per heavy atom. The van der Waals surface area contributed by atoms with Crippen LogP contribution in [0.15, 0.2) is 59.6 Å². The van der Waals surface area contributed by atoms with Gasteiger partial charge in [0, 0.05) is 48.0 Å². The molecule has 0 fully saturated rings. The number of methoxy groups -OCH3 is 5. The van der Waals surface area contributed by atoms with Crippen LogP contribution in [0.1, 0.15) is 39.4 Å². The standard InChI is InChI=1S/C38H40N2O7/c1-40-16-14-26-34-29(40)18-23-9-12-30(41-2)32(19-23)46-25-10-7-22(8-11-25)17-28-27-21-33(31(42-3)20-24(27)13-15-39-28)47-36(34)38(45-6)37(44-5)35(26)43-4/h7-12,19-21,29H,13-18H2,1-6H3. The lowest BCUT2D eigenvalue weighted by molar-refractivity contribution is 0.216. The Labute approximate surface area is 275 Å². The number of ether oxygens (including phenoxy) is 7. The molecule has 0 saturated carbocycles. The van der Waals surface area contributed by atoms with Crippen molar-refractivity contribution in [3.8, 4) is 51.7 Å². The van der Waals surface area contributed by atoms with E-state index in [2.05, 4.69) is 48.3 Å². The summed E-state index contributed by atoms with van der Waals surface area (Å²) >= 11 is 0. The van der Waals surface area contributed by atoms with Crippen molar-refractivity contribution in [1.29, 1.82) is 0 Å². The van der Waals surface area contributed by atoms with Gasteiger partial charge in [-0.05, 0) is 79.4 Å². The maximum absolute atomic E-state index is 7.00. The second kappa shape index (κ2) is 12.7. The summed E-state index contributed by atoms with van der Waals surface area (Å²) in [5.41, 5.74) is 7.45. The van der Waals surface area contributed by atoms with E-state index in [4.69, 9.17) is 38.2 Å². The van der Waals surface area contributed by atoms with Crippen LogP contribution < -0.4 is 33.2 Å². The summed E-state index contributed by atoms with van der Waals surface area (Å²) in [5, 5.41) is 0. The van der Waals surface area contributed by atoms with Gasteiger partial charge in [-0.15, -0.1) is 0 Å². The highest BCUT2D eigenvalue weighted by Crippen LogP contribution is 2.56. The Morgan fingerprint density at radius 1 is 0.723 bits per heavy atom. The van der Waals surface area contributed by atoms with Crippen LogP contribution in [-0.4, -0.2) is 66.3 Å². The van der Waals surface area contributed by atoms with Crippen molar-refractivity contribution in [2.75, 3.05) is 55.7 Å².